The number of hydrogen-bond acceptors (Lipinski definition) is 3. The summed E-state index contributed by atoms with van der Waals surface area (Å²) >= 11 is 0. The van der Waals surface area contributed by atoms with Crippen LogP contribution in [-0.2, 0) is 14.4 Å². The van der Waals surface area contributed by atoms with Crippen molar-refractivity contribution in [3.8, 4) is 0 Å². The molecule has 2 amide bonds. The summed E-state index contributed by atoms with van der Waals surface area (Å²) < 4.78 is 0. The second kappa shape index (κ2) is 5.76. The van der Waals surface area contributed by atoms with Gasteiger partial charge < -0.3 is 5.11 Å². The van der Waals surface area contributed by atoms with Crippen molar-refractivity contribution in [2.24, 2.45) is 0 Å². The molecule has 0 spiro atoms. The quantitative estimate of drug-likeness (QED) is 0.396. The van der Waals surface area contributed by atoms with Crippen molar-refractivity contribution in [2.45, 2.75) is 13.3 Å². The van der Waals surface area contributed by atoms with E-state index in [2.05, 4.69) is 5.43 Å². The fourth-order valence-electron chi connectivity index (χ4n) is 0.408. The van der Waals surface area contributed by atoms with Crippen molar-refractivity contribution in [3.63, 3.8) is 0 Å². The van der Waals surface area contributed by atoms with Crippen LogP contribution in [0.2, 0.25) is 0 Å². The molecule has 0 aliphatic rings. The van der Waals surface area contributed by atoms with Crippen molar-refractivity contribution in [2.75, 3.05) is 0 Å². The van der Waals surface area contributed by atoms with Crippen molar-refractivity contribution < 1.29 is 19.5 Å². The Balaban J connectivity index is 3.76. The number of hydrazine groups is 1. The minimum atomic E-state index is -1.23. The molecule has 0 saturated heterocycles. The molecule has 6 heteroatoms. The molecule has 0 aromatic heterocycles. The Morgan fingerprint density at radius 1 is 1.23 bits per heavy atom. The molecule has 0 heterocycles. The Hall–Kier alpha value is -1.85. The van der Waals surface area contributed by atoms with E-state index in [4.69, 9.17) is 5.11 Å². The first kappa shape index (κ1) is 11.2. The summed E-state index contributed by atoms with van der Waals surface area (Å²) in [6.45, 7) is 1.62. The molecular formula is C7H10N2O4. The molecule has 6 nitrogen and oxygen atoms in total. The van der Waals surface area contributed by atoms with E-state index in [-0.39, 0.29) is 12.3 Å². The van der Waals surface area contributed by atoms with Crippen molar-refractivity contribution in [3.05, 3.63) is 12.2 Å². The van der Waals surface area contributed by atoms with Crippen molar-refractivity contribution in [1.29, 1.82) is 0 Å². The minimum Gasteiger partial charge on any atom is -0.478 e. The van der Waals surface area contributed by atoms with Crippen LogP contribution in [0.15, 0.2) is 12.2 Å². The number of carboxylic acid groups (broad SMARTS) is 1. The summed E-state index contributed by atoms with van der Waals surface area (Å²) in [6.07, 6.45) is 1.72. The average molecular weight is 186 g/mol. The first-order valence-corrected chi connectivity index (χ1v) is 3.56. The lowest BCUT2D eigenvalue weighted by Crippen LogP contribution is -2.40. The summed E-state index contributed by atoms with van der Waals surface area (Å²) in [5.41, 5.74) is 4.07. The van der Waals surface area contributed by atoms with Gasteiger partial charge in [0.05, 0.1) is 0 Å². The second-order valence-corrected chi connectivity index (χ2v) is 2.06. The van der Waals surface area contributed by atoms with E-state index in [1.165, 1.54) is 0 Å². The van der Waals surface area contributed by atoms with Gasteiger partial charge in [-0.3, -0.25) is 20.4 Å². The molecular weight excluding hydrogens is 176 g/mol. The zero-order chi connectivity index (χ0) is 10.3. The molecule has 0 atom stereocenters. The van der Waals surface area contributed by atoms with E-state index in [0.29, 0.717) is 6.08 Å². The van der Waals surface area contributed by atoms with E-state index in [1.807, 2.05) is 5.43 Å². The average Bonchev–Trinajstić information content (AvgIpc) is 2.10. The molecule has 0 radical (unpaired) electrons. The molecule has 0 bridgehead atoms. The largest absolute Gasteiger partial charge is 0.478 e. The lowest BCUT2D eigenvalue weighted by atomic mass is 10.4. The number of rotatable bonds is 3. The first-order valence-electron chi connectivity index (χ1n) is 3.56. The summed E-state index contributed by atoms with van der Waals surface area (Å²) in [5.74, 6) is -2.27. The van der Waals surface area contributed by atoms with Gasteiger partial charge in [0.15, 0.2) is 0 Å². The monoisotopic (exact) mass is 186 g/mol. The summed E-state index contributed by atoms with van der Waals surface area (Å²) in [7, 11) is 0. The number of carbonyl (C=O) groups is 3. The molecule has 0 saturated carbocycles. The zero-order valence-electron chi connectivity index (χ0n) is 7.03. The van der Waals surface area contributed by atoms with Gasteiger partial charge in [-0.05, 0) is 0 Å². The normalized spacial score (nSPS) is 9.62. The highest BCUT2D eigenvalue weighted by atomic mass is 16.4. The van der Waals surface area contributed by atoms with Crippen LogP contribution in [0.3, 0.4) is 0 Å². The number of carboxylic acids is 1. The van der Waals surface area contributed by atoms with E-state index < -0.39 is 11.9 Å². The predicted molar refractivity (Wildman–Crippen MR) is 43.4 cm³/mol. The maximum absolute atomic E-state index is 10.7. The van der Waals surface area contributed by atoms with Gasteiger partial charge in [-0.25, -0.2) is 4.79 Å². The van der Waals surface area contributed by atoms with Crippen molar-refractivity contribution in [1.82, 2.24) is 10.9 Å². The summed E-state index contributed by atoms with van der Waals surface area (Å²) in [4.78, 5) is 31.2. The van der Waals surface area contributed by atoms with Crippen LogP contribution >= 0.6 is 0 Å². The van der Waals surface area contributed by atoms with E-state index in [0.717, 1.165) is 6.08 Å². The van der Waals surface area contributed by atoms with E-state index in [9.17, 15) is 14.4 Å². The van der Waals surface area contributed by atoms with Gasteiger partial charge >= 0.3 is 5.97 Å². The molecule has 0 aliphatic heterocycles. The Bertz CT molecular complexity index is 247. The van der Waals surface area contributed by atoms with Gasteiger partial charge in [0.25, 0.3) is 5.91 Å². The highest BCUT2D eigenvalue weighted by Gasteiger charge is 1.98. The molecule has 0 rings (SSSR count). The molecule has 0 unspecified atom stereocenters. The Kier molecular flexibility index (Phi) is 4.94. The van der Waals surface area contributed by atoms with Crippen molar-refractivity contribution >= 4 is 17.8 Å². The number of aliphatic carboxylic acids is 1. The molecule has 0 aromatic carbocycles. The molecule has 3 N–H and O–H groups in total. The van der Waals surface area contributed by atoms with Crippen LogP contribution < -0.4 is 10.9 Å². The Morgan fingerprint density at radius 3 is 2.31 bits per heavy atom. The number of hydrogen-bond donors (Lipinski definition) is 3. The minimum absolute atomic E-state index is 0.239. The predicted octanol–water partition coefficient (Wildman–Crippen LogP) is -0.815. The number of carbonyl (C=O) groups excluding carboxylic acids is 2. The lowest BCUT2D eigenvalue weighted by Gasteiger charge is -2.01. The SMILES string of the molecule is CCC(=O)NNC(=O)/C=C\C(=O)O. The standard InChI is InChI=1S/C7H10N2O4/c1-2-5(10)8-9-6(11)3-4-7(12)13/h3-4H,2H2,1H3,(H,8,10)(H,9,11)(H,12,13)/b4-3-. The Morgan fingerprint density at radius 2 is 1.85 bits per heavy atom. The van der Waals surface area contributed by atoms with E-state index in [1.54, 1.807) is 6.92 Å². The second-order valence-electron chi connectivity index (χ2n) is 2.06. The third-order valence-corrected chi connectivity index (χ3v) is 1.02. The molecule has 0 aliphatic carbocycles. The Labute approximate surface area is 74.6 Å². The van der Waals surface area contributed by atoms with Gasteiger partial charge in [-0.15, -0.1) is 0 Å². The first-order chi connectivity index (χ1) is 6.06. The third-order valence-electron chi connectivity index (χ3n) is 1.02. The topological polar surface area (TPSA) is 95.5 Å². The van der Waals surface area contributed by atoms with Gasteiger partial charge in [-0.2, -0.15) is 0 Å². The maximum Gasteiger partial charge on any atom is 0.328 e. The van der Waals surface area contributed by atoms with Gasteiger partial charge in [-0.1, -0.05) is 6.92 Å². The van der Waals surface area contributed by atoms with Gasteiger partial charge in [0, 0.05) is 18.6 Å². The molecule has 0 aromatic rings. The summed E-state index contributed by atoms with van der Waals surface area (Å²) in [5, 5.41) is 8.13. The molecule has 0 fully saturated rings. The zero-order valence-corrected chi connectivity index (χ0v) is 7.03. The number of nitrogens with one attached hydrogen (secondary N) is 2. The van der Waals surface area contributed by atoms with Crippen LogP contribution in [0.1, 0.15) is 13.3 Å². The lowest BCUT2D eigenvalue weighted by molar-refractivity contribution is -0.131. The summed E-state index contributed by atoms with van der Waals surface area (Å²) in [6, 6.07) is 0. The van der Waals surface area contributed by atoms with Crippen LogP contribution in [0.4, 0.5) is 0 Å². The highest BCUT2D eigenvalue weighted by Crippen LogP contribution is 1.74. The van der Waals surface area contributed by atoms with E-state index >= 15 is 0 Å². The highest BCUT2D eigenvalue weighted by molar-refractivity contribution is 5.94. The maximum atomic E-state index is 10.7. The third kappa shape index (κ3) is 6.54. The smallest absolute Gasteiger partial charge is 0.328 e. The fourth-order valence-corrected chi connectivity index (χ4v) is 0.408. The van der Waals surface area contributed by atoms with Crippen LogP contribution in [0.25, 0.3) is 0 Å². The van der Waals surface area contributed by atoms with Gasteiger partial charge in [0.2, 0.25) is 5.91 Å². The number of amides is 2. The van der Waals surface area contributed by atoms with Crippen LogP contribution in [0, 0.1) is 0 Å². The van der Waals surface area contributed by atoms with Gasteiger partial charge in [0.1, 0.15) is 0 Å². The fraction of sp³-hybridized carbons (Fsp3) is 0.286. The molecule has 72 valence electrons. The van der Waals surface area contributed by atoms with Crippen LogP contribution in [-0.4, -0.2) is 22.9 Å². The van der Waals surface area contributed by atoms with Crippen LogP contribution in [0.5, 0.6) is 0 Å². The molecule has 13 heavy (non-hydrogen) atoms.